The van der Waals surface area contributed by atoms with Crippen LogP contribution in [0.5, 0.6) is 0 Å². The molecule has 1 amide bonds. The number of hydrogen-bond acceptors (Lipinski definition) is 3. The van der Waals surface area contributed by atoms with Crippen LogP contribution in [0.25, 0.3) is 0 Å². The van der Waals surface area contributed by atoms with E-state index in [-0.39, 0.29) is 28.7 Å². The van der Waals surface area contributed by atoms with Gasteiger partial charge in [0.2, 0.25) is 0 Å². The van der Waals surface area contributed by atoms with Gasteiger partial charge < -0.3 is 16.3 Å². The number of amidine groups is 1. The lowest BCUT2D eigenvalue weighted by molar-refractivity contribution is 0.0933. The number of oxime groups is 1. The zero-order chi connectivity index (χ0) is 14.7. The highest BCUT2D eigenvalue weighted by molar-refractivity contribution is 6.43. The molecule has 7 heteroatoms. The summed E-state index contributed by atoms with van der Waals surface area (Å²) in [5.41, 5.74) is 5.96. The maximum absolute atomic E-state index is 12.2. The van der Waals surface area contributed by atoms with Crippen LogP contribution in [0.15, 0.2) is 23.4 Å². The van der Waals surface area contributed by atoms with E-state index in [1.54, 1.807) is 18.2 Å². The molecule has 0 heterocycles. The summed E-state index contributed by atoms with van der Waals surface area (Å²) in [6, 6.07) is 4.74. The van der Waals surface area contributed by atoms with Crippen LogP contribution in [0.4, 0.5) is 0 Å². The Labute approximate surface area is 126 Å². The van der Waals surface area contributed by atoms with E-state index in [4.69, 9.17) is 34.1 Å². The topological polar surface area (TPSA) is 87.7 Å². The molecule has 1 aromatic rings. The Balaban J connectivity index is 2.13. The van der Waals surface area contributed by atoms with E-state index >= 15 is 0 Å². The summed E-state index contributed by atoms with van der Waals surface area (Å²) in [6.45, 7) is 0. The van der Waals surface area contributed by atoms with Crippen molar-refractivity contribution in [2.45, 2.75) is 25.3 Å². The standard InChI is InChI=1S/C13H15Cl2N3O2/c14-9-5-1-4-8(11(9)15)13(19)17-10-6-2-3-7(10)12(16)18-20/h1,4-5,7,10,20H,2-3,6H2,(H2,16,18)(H,17,19). The van der Waals surface area contributed by atoms with Crippen molar-refractivity contribution in [2.24, 2.45) is 16.8 Å². The first-order valence-corrected chi connectivity index (χ1v) is 7.02. The molecular formula is C13H15Cl2N3O2. The van der Waals surface area contributed by atoms with Crippen LogP contribution in [-0.4, -0.2) is 23.0 Å². The summed E-state index contributed by atoms with van der Waals surface area (Å²) in [7, 11) is 0. The minimum Gasteiger partial charge on any atom is -0.409 e. The number of carbonyl (C=O) groups excluding carboxylic acids is 1. The van der Waals surface area contributed by atoms with Gasteiger partial charge in [-0.05, 0) is 25.0 Å². The fourth-order valence-electron chi connectivity index (χ4n) is 2.49. The molecule has 1 aromatic carbocycles. The average Bonchev–Trinajstić information content (AvgIpc) is 2.89. The summed E-state index contributed by atoms with van der Waals surface area (Å²) in [4.78, 5) is 12.2. The number of nitrogens with one attached hydrogen (secondary N) is 1. The Hall–Kier alpha value is -1.46. The van der Waals surface area contributed by atoms with Gasteiger partial charge in [0.05, 0.1) is 15.6 Å². The average molecular weight is 316 g/mol. The van der Waals surface area contributed by atoms with Crippen LogP contribution in [0, 0.1) is 5.92 Å². The van der Waals surface area contributed by atoms with Crippen molar-refractivity contribution in [3.63, 3.8) is 0 Å². The molecule has 0 radical (unpaired) electrons. The molecule has 0 aliphatic heterocycles. The second-order valence-electron chi connectivity index (χ2n) is 4.74. The van der Waals surface area contributed by atoms with Crippen LogP contribution in [0.3, 0.4) is 0 Å². The molecule has 5 nitrogen and oxygen atoms in total. The molecule has 1 fully saturated rings. The van der Waals surface area contributed by atoms with Crippen LogP contribution < -0.4 is 11.1 Å². The van der Waals surface area contributed by atoms with E-state index < -0.39 is 0 Å². The maximum atomic E-state index is 12.2. The van der Waals surface area contributed by atoms with E-state index in [1.165, 1.54) is 0 Å². The third kappa shape index (κ3) is 2.99. The Bertz CT molecular complexity index is 548. The molecule has 108 valence electrons. The molecule has 2 rings (SSSR count). The van der Waals surface area contributed by atoms with Gasteiger partial charge in [-0.2, -0.15) is 0 Å². The Morgan fingerprint density at radius 1 is 1.40 bits per heavy atom. The number of amides is 1. The van der Waals surface area contributed by atoms with Crippen LogP contribution in [0.1, 0.15) is 29.6 Å². The quantitative estimate of drug-likeness (QED) is 0.347. The first kappa shape index (κ1) is 14.9. The molecule has 2 atom stereocenters. The van der Waals surface area contributed by atoms with Gasteiger partial charge in [-0.15, -0.1) is 0 Å². The lowest BCUT2D eigenvalue weighted by atomic mass is 10.0. The predicted molar refractivity (Wildman–Crippen MR) is 78.5 cm³/mol. The highest BCUT2D eigenvalue weighted by Gasteiger charge is 2.32. The second-order valence-corrected chi connectivity index (χ2v) is 5.53. The monoisotopic (exact) mass is 315 g/mol. The Morgan fingerprint density at radius 3 is 2.85 bits per heavy atom. The number of rotatable bonds is 3. The lowest BCUT2D eigenvalue weighted by Gasteiger charge is -2.20. The number of carbonyl (C=O) groups is 1. The molecule has 1 saturated carbocycles. The van der Waals surface area contributed by atoms with Crippen molar-refractivity contribution in [3.8, 4) is 0 Å². The van der Waals surface area contributed by atoms with E-state index in [0.717, 1.165) is 19.3 Å². The summed E-state index contributed by atoms with van der Waals surface area (Å²) >= 11 is 11.9. The number of halogens is 2. The van der Waals surface area contributed by atoms with Crippen molar-refractivity contribution < 1.29 is 10.0 Å². The van der Waals surface area contributed by atoms with Crippen molar-refractivity contribution in [3.05, 3.63) is 33.8 Å². The molecule has 0 aromatic heterocycles. The van der Waals surface area contributed by atoms with Crippen molar-refractivity contribution in [2.75, 3.05) is 0 Å². The molecule has 1 aliphatic carbocycles. The molecule has 20 heavy (non-hydrogen) atoms. The highest BCUT2D eigenvalue weighted by atomic mass is 35.5. The van der Waals surface area contributed by atoms with Crippen LogP contribution in [-0.2, 0) is 0 Å². The first-order chi connectivity index (χ1) is 9.54. The van der Waals surface area contributed by atoms with Gasteiger partial charge >= 0.3 is 0 Å². The normalized spacial score (nSPS) is 22.8. The summed E-state index contributed by atoms with van der Waals surface area (Å²) in [5.74, 6) is -0.313. The van der Waals surface area contributed by atoms with E-state index in [9.17, 15) is 4.79 Å². The minimum absolute atomic E-state index is 0.144. The predicted octanol–water partition coefficient (Wildman–Crippen LogP) is 2.64. The fraction of sp³-hybridized carbons (Fsp3) is 0.385. The second kappa shape index (κ2) is 6.33. The molecular weight excluding hydrogens is 301 g/mol. The minimum atomic E-state index is -0.305. The van der Waals surface area contributed by atoms with Gasteiger partial charge in [0.15, 0.2) is 0 Å². The molecule has 2 unspecified atom stereocenters. The third-order valence-corrected chi connectivity index (χ3v) is 4.34. The summed E-state index contributed by atoms with van der Waals surface area (Å²) in [6.07, 6.45) is 2.48. The van der Waals surface area contributed by atoms with Gasteiger partial charge in [0.25, 0.3) is 5.91 Å². The van der Waals surface area contributed by atoms with Gasteiger partial charge in [-0.1, -0.05) is 40.8 Å². The number of nitrogens with two attached hydrogens (primary N) is 1. The fourth-order valence-corrected chi connectivity index (χ4v) is 2.87. The molecule has 0 bridgehead atoms. The maximum Gasteiger partial charge on any atom is 0.253 e. The highest BCUT2D eigenvalue weighted by Crippen LogP contribution is 2.28. The number of hydrogen-bond donors (Lipinski definition) is 3. The molecule has 0 saturated heterocycles. The van der Waals surface area contributed by atoms with Crippen molar-refractivity contribution >= 4 is 34.9 Å². The zero-order valence-electron chi connectivity index (χ0n) is 10.6. The van der Waals surface area contributed by atoms with Crippen molar-refractivity contribution in [1.29, 1.82) is 0 Å². The summed E-state index contributed by atoms with van der Waals surface area (Å²) < 4.78 is 0. The SMILES string of the molecule is NC(=NO)C1CCCC1NC(=O)c1cccc(Cl)c1Cl. The van der Waals surface area contributed by atoms with E-state index in [1.807, 2.05) is 0 Å². The van der Waals surface area contributed by atoms with Gasteiger partial charge in [-0.3, -0.25) is 4.79 Å². The van der Waals surface area contributed by atoms with Crippen LogP contribution >= 0.6 is 23.2 Å². The van der Waals surface area contributed by atoms with Crippen LogP contribution in [0.2, 0.25) is 10.0 Å². The Morgan fingerprint density at radius 2 is 2.15 bits per heavy atom. The van der Waals surface area contributed by atoms with Crippen molar-refractivity contribution in [1.82, 2.24) is 5.32 Å². The number of benzene rings is 1. The van der Waals surface area contributed by atoms with E-state index in [0.29, 0.717) is 10.6 Å². The van der Waals surface area contributed by atoms with Gasteiger partial charge in [0.1, 0.15) is 5.84 Å². The number of nitrogens with zero attached hydrogens (tertiary/aromatic N) is 1. The van der Waals surface area contributed by atoms with E-state index in [2.05, 4.69) is 10.5 Å². The smallest absolute Gasteiger partial charge is 0.253 e. The Kier molecular flexibility index (Phi) is 4.73. The lowest BCUT2D eigenvalue weighted by Crippen LogP contribution is -2.42. The third-order valence-electron chi connectivity index (χ3n) is 3.52. The largest absolute Gasteiger partial charge is 0.409 e. The molecule has 0 spiro atoms. The zero-order valence-corrected chi connectivity index (χ0v) is 12.2. The first-order valence-electron chi connectivity index (χ1n) is 6.27. The molecule has 4 N–H and O–H groups in total. The van der Waals surface area contributed by atoms with Gasteiger partial charge in [-0.25, -0.2) is 0 Å². The molecule has 1 aliphatic rings. The summed E-state index contributed by atoms with van der Waals surface area (Å²) in [5, 5.41) is 15.2. The van der Waals surface area contributed by atoms with Gasteiger partial charge in [0, 0.05) is 12.0 Å².